The molecule has 0 aromatic heterocycles. The molecule has 2 amide bonds. The van der Waals surface area contributed by atoms with Crippen LogP contribution in [0.1, 0.15) is 26.3 Å². The highest BCUT2D eigenvalue weighted by molar-refractivity contribution is 5.93. The molecular weight excluding hydrogens is 258 g/mol. The van der Waals surface area contributed by atoms with Crippen LogP contribution in [0.3, 0.4) is 0 Å². The highest BCUT2D eigenvalue weighted by atomic mass is 16.6. The average Bonchev–Trinajstić information content (AvgIpc) is 2.34. The molecule has 0 unspecified atom stereocenters. The number of benzene rings is 1. The first kappa shape index (κ1) is 16.0. The van der Waals surface area contributed by atoms with Crippen molar-refractivity contribution in [3.05, 3.63) is 29.8 Å². The Bertz CT molecular complexity index is 481. The van der Waals surface area contributed by atoms with Crippen molar-refractivity contribution in [2.45, 2.75) is 32.9 Å². The first-order valence-electron chi connectivity index (χ1n) is 6.36. The van der Waals surface area contributed by atoms with Gasteiger partial charge >= 0.3 is 6.09 Å². The lowest BCUT2D eigenvalue weighted by Crippen LogP contribution is -2.37. The smallest absolute Gasteiger partial charge is 0.408 e. The van der Waals surface area contributed by atoms with Crippen LogP contribution >= 0.6 is 0 Å². The van der Waals surface area contributed by atoms with Crippen molar-refractivity contribution in [3.8, 4) is 0 Å². The molecule has 20 heavy (non-hydrogen) atoms. The van der Waals surface area contributed by atoms with Crippen LogP contribution in [-0.2, 0) is 16.1 Å². The molecule has 0 radical (unpaired) electrons. The number of rotatable bonds is 4. The maximum atomic E-state index is 11.7. The van der Waals surface area contributed by atoms with Gasteiger partial charge in [0.05, 0.1) is 0 Å². The monoisotopic (exact) mass is 279 g/mol. The van der Waals surface area contributed by atoms with Gasteiger partial charge in [-0.25, -0.2) is 4.79 Å². The fourth-order valence-corrected chi connectivity index (χ4v) is 1.45. The average molecular weight is 279 g/mol. The van der Waals surface area contributed by atoms with Crippen LogP contribution in [0.2, 0.25) is 0 Å². The number of nitrogens with one attached hydrogen (secondary N) is 2. The van der Waals surface area contributed by atoms with Gasteiger partial charge in [0.1, 0.15) is 12.1 Å². The molecule has 0 aliphatic rings. The molecule has 0 aliphatic heterocycles. The van der Waals surface area contributed by atoms with Crippen LogP contribution in [0.25, 0.3) is 0 Å². The Labute approximate surface area is 118 Å². The summed E-state index contributed by atoms with van der Waals surface area (Å²) in [4.78, 5) is 23.1. The van der Waals surface area contributed by atoms with Gasteiger partial charge in [-0.15, -0.1) is 0 Å². The van der Waals surface area contributed by atoms with E-state index in [1.165, 1.54) is 0 Å². The quantitative estimate of drug-likeness (QED) is 0.780. The van der Waals surface area contributed by atoms with Gasteiger partial charge in [-0.2, -0.15) is 0 Å². The lowest BCUT2D eigenvalue weighted by atomic mass is 10.2. The maximum Gasteiger partial charge on any atom is 0.408 e. The van der Waals surface area contributed by atoms with Crippen LogP contribution in [0.4, 0.5) is 10.5 Å². The molecule has 0 spiro atoms. The zero-order chi connectivity index (χ0) is 15.2. The summed E-state index contributed by atoms with van der Waals surface area (Å²) in [6.45, 7) is 5.52. The Kier molecular flexibility index (Phi) is 5.52. The van der Waals surface area contributed by atoms with Crippen molar-refractivity contribution in [1.29, 1.82) is 0 Å². The predicted molar refractivity (Wildman–Crippen MR) is 77.2 cm³/mol. The summed E-state index contributed by atoms with van der Waals surface area (Å²) >= 11 is 0. The molecule has 1 rings (SSSR count). The third kappa shape index (κ3) is 6.19. The fraction of sp³-hybridized carbons (Fsp3) is 0.429. The van der Waals surface area contributed by atoms with Gasteiger partial charge in [0.2, 0.25) is 5.91 Å². The molecule has 0 heterocycles. The minimum atomic E-state index is -0.622. The highest BCUT2D eigenvalue weighted by Gasteiger charge is 2.16. The zero-order valence-electron chi connectivity index (χ0n) is 12.0. The molecule has 0 saturated heterocycles. The second-order valence-corrected chi connectivity index (χ2v) is 5.31. The molecule has 1 aromatic rings. The van der Waals surface area contributed by atoms with E-state index in [0.717, 1.165) is 5.56 Å². The van der Waals surface area contributed by atoms with Crippen molar-refractivity contribution < 1.29 is 14.3 Å². The van der Waals surface area contributed by atoms with Crippen LogP contribution in [0.15, 0.2) is 24.3 Å². The van der Waals surface area contributed by atoms with E-state index in [4.69, 9.17) is 10.5 Å². The van der Waals surface area contributed by atoms with Gasteiger partial charge in [0, 0.05) is 12.2 Å². The molecule has 1 aromatic carbocycles. The third-order valence-electron chi connectivity index (χ3n) is 2.24. The number of nitrogens with two attached hydrogens (primary N) is 1. The number of hydrogen-bond acceptors (Lipinski definition) is 4. The van der Waals surface area contributed by atoms with E-state index in [0.29, 0.717) is 12.2 Å². The first-order valence-corrected chi connectivity index (χ1v) is 6.36. The number of hydrogen-bond donors (Lipinski definition) is 3. The number of amides is 2. The van der Waals surface area contributed by atoms with Crippen LogP contribution in [-0.4, -0.2) is 24.1 Å². The molecule has 6 nitrogen and oxygen atoms in total. The van der Waals surface area contributed by atoms with Gasteiger partial charge in [-0.1, -0.05) is 12.1 Å². The summed E-state index contributed by atoms with van der Waals surface area (Å²) in [5.41, 5.74) is 6.50. The van der Waals surface area contributed by atoms with Gasteiger partial charge in [0.25, 0.3) is 0 Å². The van der Waals surface area contributed by atoms with E-state index in [9.17, 15) is 9.59 Å². The Hall–Kier alpha value is -2.08. The molecule has 0 atom stereocenters. The largest absolute Gasteiger partial charge is 0.444 e. The van der Waals surface area contributed by atoms with Gasteiger partial charge in [0.15, 0.2) is 0 Å². The molecule has 0 bridgehead atoms. The summed E-state index contributed by atoms with van der Waals surface area (Å²) in [5, 5.41) is 5.06. The second-order valence-electron chi connectivity index (χ2n) is 5.31. The fourth-order valence-electron chi connectivity index (χ4n) is 1.45. The van der Waals surface area contributed by atoms with Crippen molar-refractivity contribution >= 4 is 17.7 Å². The van der Waals surface area contributed by atoms with E-state index in [2.05, 4.69) is 10.6 Å². The predicted octanol–water partition coefficient (Wildman–Crippen LogP) is 1.61. The van der Waals surface area contributed by atoms with E-state index in [1.54, 1.807) is 39.0 Å². The second kappa shape index (κ2) is 6.91. The number of alkyl carbamates (subject to hydrolysis) is 1. The van der Waals surface area contributed by atoms with Crippen molar-refractivity contribution in [2.24, 2.45) is 5.73 Å². The van der Waals surface area contributed by atoms with E-state index < -0.39 is 11.7 Å². The summed E-state index contributed by atoms with van der Waals surface area (Å²) in [6, 6.07) is 7.21. The Morgan fingerprint density at radius 1 is 1.30 bits per heavy atom. The third-order valence-corrected chi connectivity index (χ3v) is 2.24. The van der Waals surface area contributed by atoms with Crippen LogP contribution < -0.4 is 16.4 Å². The summed E-state index contributed by atoms with van der Waals surface area (Å²) < 4.78 is 5.03. The van der Waals surface area contributed by atoms with Crippen molar-refractivity contribution in [3.63, 3.8) is 0 Å². The normalized spacial score (nSPS) is 10.8. The Morgan fingerprint density at radius 2 is 2.00 bits per heavy atom. The lowest BCUT2D eigenvalue weighted by Gasteiger charge is -2.19. The standard InChI is InChI=1S/C14H21N3O3/c1-14(2,3)20-13(19)16-9-12(18)17-11-6-4-5-10(7-11)8-15/h4-7H,8-9,15H2,1-3H3,(H,16,19)(H,17,18). The molecule has 0 saturated carbocycles. The molecular formula is C14H21N3O3. The van der Waals surface area contributed by atoms with Crippen LogP contribution in [0.5, 0.6) is 0 Å². The Morgan fingerprint density at radius 3 is 2.60 bits per heavy atom. The maximum absolute atomic E-state index is 11.7. The molecule has 0 fully saturated rings. The van der Waals surface area contributed by atoms with Gasteiger partial charge in [-0.3, -0.25) is 4.79 Å². The van der Waals surface area contributed by atoms with Gasteiger partial charge < -0.3 is 21.1 Å². The molecule has 110 valence electrons. The first-order chi connectivity index (χ1) is 9.30. The lowest BCUT2D eigenvalue weighted by molar-refractivity contribution is -0.115. The SMILES string of the molecule is CC(C)(C)OC(=O)NCC(=O)Nc1cccc(CN)c1. The molecule has 0 aliphatic carbocycles. The Balaban J connectivity index is 2.42. The number of carbonyl (C=O) groups is 2. The molecule has 6 heteroatoms. The van der Waals surface area contributed by atoms with E-state index >= 15 is 0 Å². The summed E-state index contributed by atoms with van der Waals surface area (Å²) in [7, 11) is 0. The summed E-state index contributed by atoms with van der Waals surface area (Å²) in [6.07, 6.45) is -0.622. The number of carbonyl (C=O) groups excluding carboxylic acids is 2. The van der Waals surface area contributed by atoms with E-state index in [-0.39, 0.29) is 12.5 Å². The van der Waals surface area contributed by atoms with Gasteiger partial charge in [-0.05, 0) is 38.5 Å². The number of ether oxygens (including phenoxy) is 1. The summed E-state index contributed by atoms with van der Waals surface area (Å²) in [5.74, 6) is -0.329. The topological polar surface area (TPSA) is 93.4 Å². The van der Waals surface area contributed by atoms with E-state index in [1.807, 2.05) is 6.07 Å². The minimum absolute atomic E-state index is 0.151. The highest BCUT2D eigenvalue weighted by Crippen LogP contribution is 2.10. The number of anilines is 1. The zero-order valence-corrected chi connectivity index (χ0v) is 12.0. The minimum Gasteiger partial charge on any atom is -0.444 e. The van der Waals surface area contributed by atoms with Crippen molar-refractivity contribution in [2.75, 3.05) is 11.9 Å². The molecule has 4 N–H and O–H groups in total. The van der Waals surface area contributed by atoms with Crippen LogP contribution in [0, 0.1) is 0 Å². The van der Waals surface area contributed by atoms with Crippen molar-refractivity contribution in [1.82, 2.24) is 5.32 Å².